The average Bonchev–Trinajstić information content (AvgIpc) is 2.77. The maximum atomic E-state index is 11.0. The number of aromatic amines is 1. The van der Waals surface area contributed by atoms with E-state index in [1.807, 2.05) is 13.8 Å². The molecule has 1 fully saturated rings. The fraction of sp³-hybridized carbons (Fsp3) is 0.556. The molecule has 0 aromatic carbocycles. The second-order valence-electron chi connectivity index (χ2n) is 3.70. The van der Waals surface area contributed by atoms with Crippen LogP contribution in [0.1, 0.15) is 29.8 Å². The van der Waals surface area contributed by atoms with Crippen LogP contribution in [-0.4, -0.2) is 21.3 Å². The van der Waals surface area contributed by atoms with Gasteiger partial charge in [-0.05, 0) is 26.7 Å². The highest BCUT2D eigenvalue weighted by Crippen LogP contribution is 2.50. The van der Waals surface area contributed by atoms with E-state index in [1.54, 1.807) is 0 Å². The van der Waals surface area contributed by atoms with Crippen molar-refractivity contribution in [2.45, 2.75) is 32.1 Å². The molecule has 0 bridgehead atoms. The summed E-state index contributed by atoms with van der Waals surface area (Å²) in [6.45, 7) is 3.72. The highest BCUT2D eigenvalue weighted by atomic mass is 16.4. The molecule has 2 N–H and O–H groups in total. The number of rotatable bonds is 2. The van der Waals surface area contributed by atoms with Crippen molar-refractivity contribution in [3.63, 3.8) is 0 Å². The van der Waals surface area contributed by atoms with E-state index in [-0.39, 0.29) is 0 Å². The van der Waals surface area contributed by atoms with Crippen LogP contribution in [0.3, 0.4) is 0 Å². The Morgan fingerprint density at radius 1 is 1.54 bits per heavy atom. The molecule has 1 aromatic rings. The van der Waals surface area contributed by atoms with Crippen LogP contribution in [0, 0.1) is 13.8 Å². The fourth-order valence-corrected chi connectivity index (χ4v) is 1.95. The second-order valence-corrected chi connectivity index (χ2v) is 3.70. The molecule has 70 valence electrons. The summed E-state index contributed by atoms with van der Waals surface area (Å²) in [6, 6.07) is 0. The minimum absolute atomic E-state index is 0.624. The highest BCUT2D eigenvalue weighted by molar-refractivity contribution is 5.85. The molecular formula is C9H12N2O2. The quantitative estimate of drug-likeness (QED) is 0.717. The van der Waals surface area contributed by atoms with E-state index in [4.69, 9.17) is 5.11 Å². The number of aryl methyl sites for hydroxylation is 2. The van der Waals surface area contributed by atoms with Crippen LogP contribution in [0.2, 0.25) is 0 Å². The molecule has 1 aromatic heterocycles. The van der Waals surface area contributed by atoms with Crippen molar-refractivity contribution < 1.29 is 9.90 Å². The average molecular weight is 180 g/mol. The molecule has 0 amide bonds. The first kappa shape index (κ1) is 8.29. The van der Waals surface area contributed by atoms with E-state index < -0.39 is 11.4 Å². The van der Waals surface area contributed by atoms with Crippen LogP contribution >= 0.6 is 0 Å². The van der Waals surface area contributed by atoms with Crippen molar-refractivity contribution in [1.82, 2.24) is 10.2 Å². The topological polar surface area (TPSA) is 66.0 Å². The number of carboxylic acids is 1. The third kappa shape index (κ3) is 0.978. The van der Waals surface area contributed by atoms with Gasteiger partial charge in [-0.15, -0.1) is 0 Å². The van der Waals surface area contributed by atoms with Gasteiger partial charge in [0, 0.05) is 11.3 Å². The number of aliphatic carboxylic acids is 1. The molecule has 13 heavy (non-hydrogen) atoms. The molecule has 1 heterocycles. The van der Waals surface area contributed by atoms with Gasteiger partial charge in [0.15, 0.2) is 0 Å². The molecule has 0 aliphatic heterocycles. The third-order valence-corrected chi connectivity index (χ3v) is 2.77. The van der Waals surface area contributed by atoms with Crippen LogP contribution < -0.4 is 0 Å². The highest BCUT2D eigenvalue weighted by Gasteiger charge is 2.54. The van der Waals surface area contributed by atoms with Crippen molar-refractivity contribution in [1.29, 1.82) is 0 Å². The molecule has 0 saturated heterocycles. The fourth-order valence-electron chi connectivity index (χ4n) is 1.95. The maximum absolute atomic E-state index is 11.0. The molecule has 1 saturated carbocycles. The van der Waals surface area contributed by atoms with E-state index in [0.29, 0.717) is 0 Å². The molecule has 1 aliphatic rings. The lowest BCUT2D eigenvalue weighted by molar-refractivity contribution is -0.140. The van der Waals surface area contributed by atoms with Crippen LogP contribution in [0.15, 0.2) is 0 Å². The molecule has 0 atom stereocenters. The summed E-state index contributed by atoms with van der Waals surface area (Å²) in [6.07, 6.45) is 1.48. The Bertz CT molecular complexity index is 344. The summed E-state index contributed by atoms with van der Waals surface area (Å²) in [4.78, 5) is 11.0. The van der Waals surface area contributed by atoms with Crippen LogP contribution in [0.4, 0.5) is 0 Å². The number of H-pyrrole nitrogens is 1. The Morgan fingerprint density at radius 2 is 2.15 bits per heavy atom. The Morgan fingerprint density at radius 3 is 2.46 bits per heavy atom. The molecule has 0 unspecified atom stereocenters. The first-order valence-corrected chi connectivity index (χ1v) is 4.33. The van der Waals surface area contributed by atoms with E-state index in [0.717, 1.165) is 29.8 Å². The van der Waals surface area contributed by atoms with Crippen LogP contribution in [0.25, 0.3) is 0 Å². The normalized spacial score (nSPS) is 18.6. The first-order chi connectivity index (χ1) is 6.08. The number of nitrogens with one attached hydrogen (secondary N) is 1. The van der Waals surface area contributed by atoms with Gasteiger partial charge in [0.25, 0.3) is 0 Å². The third-order valence-electron chi connectivity index (χ3n) is 2.77. The Labute approximate surface area is 76.0 Å². The summed E-state index contributed by atoms with van der Waals surface area (Å²) in [5.74, 6) is -0.722. The Kier molecular flexibility index (Phi) is 1.49. The zero-order chi connectivity index (χ0) is 9.64. The molecule has 2 rings (SSSR count). The van der Waals surface area contributed by atoms with Crippen molar-refractivity contribution >= 4 is 5.97 Å². The summed E-state index contributed by atoms with van der Waals surface area (Å²) in [5, 5.41) is 15.9. The van der Waals surface area contributed by atoms with Gasteiger partial charge in [0.1, 0.15) is 0 Å². The van der Waals surface area contributed by atoms with E-state index in [9.17, 15) is 4.79 Å². The minimum Gasteiger partial charge on any atom is -0.481 e. The van der Waals surface area contributed by atoms with E-state index in [2.05, 4.69) is 10.2 Å². The Hall–Kier alpha value is -1.32. The van der Waals surface area contributed by atoms with Crippen molar-refractivity contribution in [2.75, 3.05) is 0 Å². The molecule has 0 spiro atoms. The number of carboxylic acid groups (broad SMARTS) is 1. The molecular weight excluding hydrogens is 168 g/mol. The van der Waals surface area contributed by atoms with Gasteiger partial charge >= 0.3 is 5.97 Å². The summed E-state index contributed by atoms with van der Waals surface area (Å²) in [5.41, 5.74) is 1.97. The van der Waals surface area contributed by atoms with Crippen LogP contribution in [0.5, 0.6) is 0 Å². The summed E-state index contributed by atoms with van der Waals surface area (Å²) < 4.78 is 0. The van der Waals surface area contributed by atoms with Gasteiger partial charge in [0.05, 0.1) is 11.1 Å². The van der Waals surface area contributed by atoms with Crippen molar-refractivity contribution in [2.24, 2.45) is 0 Å². The zero-order valence-electron chi connectivity index (χ0n) is 7.72. The van der Waals surface area contributed by atoms with Gasteiger partial charge in [-0.2, -0.15) is 5.10 Å². The van der Waals surface area contributed by atoms with Gasteiger partial charge in [-0.25, -0.2) is 0 Å². The SMILES string of the molecule is Cc1n[nH]c(C)c1C1(C(=O)O)CC1. The minimum atomic E-state index is -0.722. The molecule has 4 nitrogen and oxygen atoms in total. The van der Waals surface area contributed by atoms with Gasteiger partial charge in [-0.3, -0.25) is 9.89 Å². The summed E-state index contributed by atoms with van der Waals surface area (Å²) in [7, 11) is 0. The maximum Gasteiger partial charge on any atom is 0.314 e. The zero-order valence-corrected chi connectivity index (χ0v) is 7.72. The predicted octanol–water partition coefficient (Wildman–Crippen LogP) is 1.14. The lowest BCUT2D eigenvalue weighted by Crippen LogP contribution is -2.20. The second kappa shape index (κ2) is 2.34. The van der Waals surface area contributed by atoms with Gasteiger partial charge in [-0.1, -0.05) is 0 Å². The number of nitrogens with zero attached hydrogens (tertiary/aromatic N) is 1. The smallest absolute Gasteiger partial charge is 0.314 e. The van der Waals surface area contributed by atoms with Crippen molar-refractivity contribution in [3.05, 3.63) is 17.0 Å². The van der Waals surface area contributed by atoms with Gasteiger partial charge < -0.3 is 5.11 Å². The largest absolute Gasteiger partial charge is 0.481 e. The van der Waals surface area contributed by atoms with Crippen molar-refractivity contribution in [3.8, 4) is 0 Å². The predicted molar refractivity (Wildman–Crippen MR) is 46.6 cm³/mol. The van der Waals surface area contributed by atoms with E-state index in [1.165, 1.54) is 0 Å². The monoisotopic (exact) mass is 180 g/mol. The van der Waals surface area contributed by atoms with E-state index >= 15 is 0 Å². The standard InChI is InChI=1S/C9H12N2O2/c1-5-7(6(2)11-10-5)9(3-4-9)8(12)13/h3-4H2,1-2H3,(H,10,11)(H,12,13). The molecule has 4 heteroatoms. The number of hydrogen-bond acceptors (Lipinski definition) is 2. The Balaban J connectivity index is 2.51. The first-order valence-electron chi connectivity index (χ1n) is 4.33. The lowest BCUT2D eigenvalue weighted by atomic mass is 9.94. The summed E-state index contributed by atoms with van der Waals surface area (Å²) >= 11 is 0. The number of carbonyl (C=O) groups is 1. The van der Waals surface area contributed by atoms with Gasteiger partial charge in [0.2, 0.25) is 0 Å². The lowest BCUT2D eigenvalue weighted by Gasteiger charge is -2.09. The van der Waals surface area contributed by atoms with Crippen LogP contribution in [-0.2, 0) is 10.2 Å². The number of hydrogen-bond donors (Lipinski definition) is 2. The number of aromatic nitrogens is 2. The molecule has 0 radical (unpaired) electrons. The molecule has 1 aliphatic carbocycles.